The lowest BCUT2D eigenvalue weighted by atomic mass is 10.1. The summed E-state index contributed by atoms with van der Waals surface area (Å²) < 4.78 is 2.68. The Morgan fingerprint density at radius 1 is 1.13 bits per heavy atom. The van der Waals surface area contributed by atoms with Gasteiger partial charge in [0.15, 0.2) is 0 Å². The molecule has 0 saturated carbocycles. The fourth-order valence-corrected chi connectivity index (χ4v) is 2.94. The van der Waals surface area contributed by atoms with Crippen LogP contribution in [0, 0.1) is 0 Å². The molecule has 2 bridgehead atoms. The van der Waals surface area contributed by atoms with E-state index in [0.717, 1.165) is 6.54 Å². The monoisotopic (exact) mass is 212 g/mol. The van der Waals surface area contributed by atoms with Crippen molar-refractivity contribution < 1.29 is 8.97 Å². The number of nitrogens with two attached hydrogens (primary N) is 1. The molecule has 4 heteroatoms. The average molecular weight is 212 g/mol. The van der Waals surface area contributed by atoms with E-state index >= 15 is 0 Å². The molecule has 86 valence electrons. The summed E-state index contributed by atoms with van der Waals surface area (Å²) in [6.45, 7) is 10.5. The van der Waals surface area contributed by atoms with Crippen LogP contribution in [0.3, 0.4) is 0 Å². The molecular weight excluding hydrogens is 188 g/mol. The summed E-state index contributed by atoms with van der Waals surface area (Å²) in [5.41, 5.74) is 5.24. The fourth-order valence-electron chi connectivity index (χ4n) is 2.94. The Kier molecular flexibility index (Phi) is 2.98. The summed E-state index contributed by atoms with van der Waals surface area (Å²) in [6, 6.07) is 0. The molecule has 0 aromatic heterocycles. The van der Waals surface area contributed by atoms with Crippen LogP contribution in [0.4, 0.5) is 0 Å². The predicted molar refractivity (Wildman–Crippen MR) is 62.7 cm³/mol. The molecule has 0 amide bonds. The second-order valence-corrected chi connectivity index (χ2v) is 5.44. The molecule has 3 fully saturated rings. The van der Waals surface area contributed by atoms with Crippen LogP contribution >= 0.6 is 0 Å². The maximum atomic E-state index is 5.24. The van der Waals surface area contributed by atoms with Crippen molar-refractivity contribution in [2.24, 2.45) is 10.7 Å². The first-order chi connectivity index (χ1) is 7.18. The van der Waals surface area contributed by atoms with E-state index in [-0.39, 0.29) is 0 Å². The SMILES string of the molecule is C[N+]12CC[N+](CCCN=CN)(CC1)CC2. The van der Waals surface area contributed by atoms with Crippen LogP contribution in [0.15, 0.2) is 4.99 Å². The Balaban J connectivity index is 1.82. The summed E-state index contributed by atoms with van der Waals surface area (Å²) in [7, 11) is 2.41. The van der Waals surface area contributed by atoms with E-state index in [1.165, 1.54) is 67.5 Å². The second-order valence-electron chi connectivity index (χ2n) is 5.44. The minimum atomic E-state index is 0.905. The molecule has 0 radical (unpaired) electrons. The predicted octanol–water partition coefficient (Wildman–Crippen LogP) is -0.346. The summed E-state index contributed by atoms with van der Waals surface area (Å²) in [5, 5.41) is 0. The topological polar surface area (TPSA) is 38.4 Å². The Morgan fingerprint density at radius 2 is 1.73 bits per heavy atom. The van der Waals surface area contributed by atoms with Gasteiger partial charge in [0.25, 0.3) is 0 Å². The summed E-state index contributed by atoms with van der Waals surface area (Å²) >= 11 is 0. The highest BCUT2D eigenvalue weighted by Crippen LogP contribution is 2.24. The lowest BCUT2D eigenvalue weighted by Gasteiger charge is -2.54. The molecule has 3 saturated heterocycles. The van der Waals surface area contributed by atoms with Gasteiger partial charge in [-0.25, -0.2) is 0 Å². The molecule has 4 nitrogen and oxygen atoms in total. The smallest absolute Gasteiger partial charge is 0.129 e. The quantitative estimate of drug-likeness (QED) is 0.294. The number of quaternary nitrogens is 2. The summed E-state index contributed by atoms with van der Waals surface area (Å²) in [4.78, 5) is 4.09. The molecule has 0 unspecified atom stereocenters. The highest BCUT2D eigenvalue weighted by Gasteiger charge is 2.45. The van der Waals surface area contributed by atoms with Gasteiger partial charge in [-0.2, -0.15) is 0 Å². The highest BCUT2D eigenvalue weighted by atomic mass is 15.5. The molecule has 3 rings (SSSR count). The van der Waals surface area contributed by atoms with E-state index in [2.05, 4.69) is 12.0 Å². The first kappa shape index (κ1) is 10.9. The summed E-state index contributed by atoms with van der Waals surface area (Å²) in [6.07, 6.45) is 2.62. The number of fused-ring (bicyclic) bond motifs is 3. The second kappa shape index (κ2) is 4.10. The lowest BCUT2D eigenvalue weighted by molar-refractivity contribution is -1.07. The van der Waals surface area contributed by atoms with Crippen molar-refractivity contribution in [1.82, 2.24) is 0 Å². The van der Waals surface area contributed by atoms with E-state index < -0.39 is 0 Å². The van der Waals surface area contributed by atoms with Crippen molar-refractivity contribution in [2.45, 2.75) is 6.42 Å². The van der Waals surface area contributed by atoms with Crippen molar-refractivity contribution in [3.63, 3.8) is 0 Å². The Hall–Kier alpha value is -0.610. The van der Waals surface area contributed by atoms with Crippen LogP contribution in [0.25, 0.3) is 0 Å². The van der Waals surface area contributed by atoms with Crippen LogP contribution in [0.1, 0.15) is 6.42 Å². The Labute approximate surface area is 92.6 Å². The standard InChI is InChI=1S/C11H24N4/c1-14-5-8-15(9-6-14,10-7-14)4-2-3-13-11-12/h11H,2-10H2,1H3,(H2,12,13)/q+2. The van der Waals surface area contributed by atoms with E-state index in [0.29, 0.717) is 0 Å². The summed E-state index contributed by atoms with van der Waals surface area (Å²) in [5.74, 6) is 0. The molecule has 0 spiro atoms. The van der Waals surface area contributed by atoms with Gasteiger partial charge in [-0.1, -0.05) is 0 Å². The van der Waals surface area contributed by atoms with E-state index in [1.54, 1.807) is 0 Å². The zero-order valence-corrected chi connectivity index (χ0v) is 9.86. The molecule has 3 aliphatic heterocycles. The van der Waals surface area contributed by atoms with Crippen LogP contribution < -0.4 is 5.73 Å². The fraction of sp³-hybridized carbons (Fsp3) is 0.909. The molecule has 0 aliphatic carbocycles. The maximum absolute atomic E-state index is 5.24. The van der Waals surface area contributed by atoms with Crippen molar-refractivity contribution in [3.05, 3.63) is 0 Å². The van der Waals surface area contributed by atoms with Gasteiger partial charge in [-0.3, -0.25) is 4.99 Å². The highest BCUT2D eigenvalue weighted by molar-refractivity contribution is 5.50. The first-order valence-electron chi connectivity index (χ1n) is 6.07. The third-order valence-corrected chi connectivity index (χ3v) is 4.37. The molecule has 15 heavy (non-hydrogen) atoms. The minimum absolute atomic E-state index is 0.905. The third kappa shape index (κ3) is 2.32. The van der Waals surface area contributed by atoms with Crippen molar-refractivity contribution >= 4 is 6.34 Å². The van der Waals surface area contributed by atoms with E-state index in [4.69, 9.17) is 5.73 Å². The Morgan fingerprint density at radius 3 is 2.27 bits per heavy atom. The van der Waals surface area contributed by atoms with Gasteiger partial charge in [-0.05, 0) is 0 Å². The van der Waals surface area contributed by atoms with Crippen molar-refractivity contribution in [1.29, 1.82) is 0 Å². The van der Waals surface area contributed by atoms with Crippen LogP contribution in [0.2, 0.25) is 0 Å². The van der Waals surface area contributed by atoms with Crippen molar-refractivity contribution in [3.8, 4) is 0 Å². The number of hydrogen-bond donors (Lipinski definition) is 1. The average Bonchev–Trinajstić information content (AvgIpc) is 2.27. The van der Waals surface area contributed by atoms with E-state index in [1.807, 2.05) is 0 Å². The number of rotatable bonds is 4. The lowest BCUT2D eigenvalue weighted by Crippen LogP contribution is -2.73. The van der Waals surface area contributed by atoms with Crippen LogP contribution in [-0.4, -0.2) is 74.7 Å². The number of aliphatic imine (C=N–C) groups is 1. The maximum Gasteiger partial charge on any atom is 0.129 e. The largest absolute Gasteiger partial charge is 0.390 e. The zero-order valence-electron chi connectivity index (χ0n) is 9.86. The normalized spacial score (nSPS) is 40.1. The van der Waals surface area contributed by atoms with Gasteiger partial charge < -0.3 is 14.7 Å². The molecule has 3 heterocycles. The number of nitrogens with zero attached hydrogens (tertiary/aromatic N) is 3. The molecule has 0 aromatic rings. The van der Waals surface area contributed by atoms with Gasteiger partial charge >= 0.3 is 0 Å². The van der Waals surface area contributed by atoms with Crippen molar-refractivity contribution in [2.75, 3.05) is 59.4 Å². The third-order valence-electron chi connectivity index (χ3n) is 4.37. The molecule has 0 aromatic carbocycles. The molecule has 3 aliphatic rings. The molecule has 2 N–H and O–H groups in total. The van der Waals surface area contributed by atoms with E-state index in [9.17, 15) is 0 Å². The molecular formula is C11H24N4+2. The number of piperazine rings is 3. The van der Waals surface area contributed by atoms with Gasteiger partial charge in [-0.15, -0.1) is 0 Å². The Bertz CT molecular complexity index is 224. The molecule has 0 atom stereocenters. The van der Waals surface area contributed by atoms with Crippen LogP contribution in [-0.2, 0) is 0 Å². The number of likely N-dealkylation sites (N-methyl/N-ethyl adjacent to an activating group) is 1. The zero-order chi connectivity index (χ0) is 10.8. The van der Waals surface area contributed by atoms with Crippen LogP contribution in [0.5, 0.6) is 0 Å². The number of hydrogen-bond acceptors (Lipinski definition) is 1. The first-order valence-corrected chi connectivity index (χ1v) is 6.07. The minimum Gasteiger partial charge on any atom is -0.390 e. The van der Waals surface area contributed by atoms with Gasteiger partial charge in [0.1, 0.15) is 39.3 Å². The van der Waals surface area contributed by atoms with Gasteiger partial charge in [0.05, 0.1) is 19.9 Å². The van der Waals surface area contributed by atoms with Gasteiger partial charge in [0.2, 0.25) is 0 Å². The van der Waals surface area contributed by atoms with Gasteiger partial charge in [0, 0.05) is 13.0 Å².